The molecule has 2 heterocycles. The molecule has 1 aliphatic rings. The van der Waals surface area contributed by atoms with Crippen molar-refractivity contribution in [2.75, 3.05) is 25.1 Å². The fraction of sp³-hybridized carbons (Fsp3) is 0.320. The summed E-state index contributed by atoms with van der Waals surface area (Å²) in [6.45, 7) is 4.09. The van der Waals surface area contributed by atoms with E-state index in [4.69, 9.17) is 4.74 Å². The van der Waals surface area contributed by atoms with Crippen molar-refractivity contribution in [1.82, 2.24) is 15.3 Å². The molecule has 7 heteroatoms. The number of aromatic nitrogens is 2. The number of hydrogen-bond acceptors (Lipinski definition) is 6. The molecule has 2 aromatic carbocycles. The highest BCUT2D eigenvalue weighted by molar-refractivity contribution is 7.99. The Labute approximate surface area is 193 Å². The number of nitrogens with zero attached hydrogens (tertiary/aromatic N) is 3. The normalized spacial score (nSPS) is 15.9. The number of rotatable bonds is 7. The number of benzene rings is 2. The van der Waals surface area contributed by atoms with Gasteiger partial charge in [-0.05, 0) is 49.6 Å². The zero-order valence-corrected chi connectivity index (χ0v) is 19.3. The van der Waals surface area contributed by atoms with Crippen LogP contribution in [0.25, 0.3) is 0 Å². The zero-order chi connectivity index (χ0) is 22.3. The lowest BCUT2D eigenvalue weighted by Crippen LogP contribution is -2.43. The van der Waals surface area contributed by atoms with Crippen LogP contribution in [0, 0.1) is 12.8 Å². The molecule has 1 fully saturated rings. The van der Waals surface area contributed by atoms with Crippen LogP contribution in [-0.2, 0) is 11.3 Å². The van der Waals surface area contributed by atoms with Gasteiger partial charge in [0.2, 0.25) is 5.91 Å². The molecule has 6 nitrogen and oxygen atoms in total. The summed E-state index contributed by atoms with van der Waals surface area (Å²) >= 11 is 1.61. The Morgan fingerprint density at radius 1 is 1.19 bits per heavy atom. The standard InChI is InChI=1S/C25H28N4O2S/c1-18-6-3-10-22(14-18)32-25-23(26-11-12-27-25)29-13-5-8-20(17-29)24(30)28-16-19-7-4-9-21(15-19)31-2/h3-4,6-7,9-12,14-15,20H,5,8,13,16-17H2,1-2H3,(H,28,30). The van der Waals surface area contributed by atoms with E-state index in [1.807, 2.05) is 24.3 Å². The minimum atomic E-state index is -0.0758. The summed E-state index contributed by atoms with van der Waals surface area (Å²) in [7, 11) is 1.65. The lowest BCUT2D eigenvalue weighted by molar-refractivity contribution is -0.125. The first-order valence-electron chi connectivity index (χ1n) is 10.8. The fourth-order valence-electron chi connectivity index (χ4n) is 3.90. The number of anilines is 1. The number of methoxy groups -OCH3 is 1. The lowest BCUT2D eigenvalue weighted by atomic mass is 9.97. The Hall–Kier alpha value is -3.06. The number of amides is 1. The van der Waals surface area contributed by atoms with Crippen molar-refractivity contribution in [3.63, 3.8) is 0 Å². The van der Waals surface area contributed by atoms with Crippen molar-refractivity contribution in [3.05, 3.63) is 72.1 Å². The number of piperidine rings is 1. The number of nitrogens with one attached hydrogen (secondary N) is 1. The minimum absolute atomic E-state index is 0.0758. The third-order valence-corrected chi connectivity index (χ3v) is 6.51. The Morgan fingerprint density at radius 2 is 2.03 bits per heavy atom. The van der Waals surface area contributed by atoms with E-state index in [9.17, 15) is 4.79 Å². The predicted octanol–water partition coefficient (Wildman–Crippen LogP) is 4.48. The van der Waals surface area contributed by atoms with Crippen molar-refractivity contribution < 1.29 is 9.53 Å². The van der Waals surface area contributed by atoms with Crippen molar-refractivity contribution in [1.29, 1.82) is 0 Å². The lowest BCUT2D eigenvalue weighted by Gasteiger charge is -2.33. The maximum atomic E-state index is 12.9. The second kappa shape index (κ2) is 10.5. The van der Waals surface area contributed by atoms with E-state index in [-0.39, 0.29) is 11.8 Å². The van der Waals surface area contributed by atoms with Gasteiger partial charge in [-0.25, -0.2) is 9.97 Å². The van der Waals surface area contributed by atoms with Gasteiger partial charge in [-0.3, -0.25) is 4.79 Å². The Morgan fingerprint density at radius 3 is 2.88 bits per heavy atom. The van der Waals surface area contributed by atoms with Gasteiger partial charge in [0, 0.05) is 36.9 Å². The Bertz CT molecular complexity index is 1080. The highest BCUT2D eigenvalue weighted by Gasteiger charge is 2.28. The average molecular weight is 449 g/mol. The van der Waals surface area contributed by atoms with Gasteiger partial charge in [0.05, 0.1) is 13.0 Å². The summed E-state index contributed by atoms with van der Waals surface area (Å²) < 4.78 is 5.27. The number of aryl methyl sites for hydroxylation is 1. The topological polar surface area (TPSA) is 67.3 Å². The second-order valence-electron chi connectivity index (χ2n) is 7.96. The third-order valence-electron chi connectivity index (χ3n) is 5.54. The molecule has 0 radical (unpaired) electrons. The van der Waals surface area contributed by atoms with E-state index >= 15 is 0 Å². The molecule has 1 unspecified atom stereocenters. The maximum Gasteiger partial charge on any atom is 0.225 e. The maximum absolute atomic E-state index is 12.9. The van der Waals surface area contributed by atoms with Gasteiger partial charge in [0.1, 0.15) is 10.8 Å². The number of carbonyl (C=O) groups excluding carboxylic acids is 1. The van der Waals surface area contributed by atoms with Gasteiger partial charge in [-0.15, -0.1) is 0 Å². The summed E-state index contributed by atoms with van der Waals surface area (Å²) in [6, 6.07) is 16.1. The average Bonchev–Trinajstić information content (AvgIpc) is 2.83. The van der Waals surface area contributed by atoms with Gasteiger partial charge in [0.25, 0.3) is 0 Å². The van der Waals surface area contributed by atoms with Crippen LogP contribution in [0.3, 0.4) is 0 Å². The quantitative estimate of drug-likeness (QED) is 0.575. The van der Waals surface area contributed by atoms with Crippen LogP contribution in [-0.4, -0.2) is 36.1 Å². The van der Waals surface area contributed by atoms with Crippen LogP contribution >= 0.6 is 11.8 Å². The van der Waals surface area contributed by atoms with Gasteiger partial charge in [0.15, 0.2) is 5.82 Å². The van der Waals surface area contributed by atoms with Crippen LogP contribution in [0.4, 0.5) is 5.82 Å². The van der Waals surface area contributed by atoms with Crippen LogP contribution in [0.15, 0.2) is 70.8 Å². The molecule has 166 valence electrons. The summed E-state index contributed by atoms with van der Waals surface area (Å²) in [6.07, 6.45) is 5.27. The Kier molecular flexibility index (Phi) is 7.27. The van der Waals surface area contributed by atoms with Crippen molar-refractivity contribution in [2.24, 2.45) is 5.92 Å². The van der Waals surface area contributed by atoms with E-state index in [1.54, 1.807) is 31.3 Å². The third kappa shape index (κ3) is 5.59. The molecule has 1 N–H and O–H groups in total. The highest BCUT2D eigenvalue weighted by Crippen LogP contribution is 2.34. The van der Waals surface area contributed by atoms with E-state index < -0.39 is 0 Å². The van der Waals surface area contributed by atoms with Crippen LogP contribution in [0.2, 0.25) is 0 Å². The summed E-state index contributed by atoms with van der Waals surface area (Å²) in [5.74, 6) is 1.65. The van der Waals surface area contributed by atoms with E-state index in [0.29, 0.717) is 13.1 Å². The number of ether oxygens (including phenoxy) is 1. The van der Waals surface area contributed by atoms with E-state index in [0.717, 1.165) is 46.4 Å². The predicted molar refractivity (Wildman–Crippen MR) is 127 cm³/mol. The van der Waals surface area contributed by atoms with Crippen molar-refractivity contribution >= 4 is 23.5 Å². The summed E-state index contributed by atoms with van der Waals surface area (Å²) in [5, 5.41) is 3.96. The first-order valence-corrected chi connectivity index (χ1v) is 11.6. The molecule has 0 saturated carbocycles. The number of carbonyl (C=O) groups is 1. The minimum Gasteiger partial charge on any atom is -0.497 e. The number of hydrogen-bond donors (Lipinski definition) is 1. The zero-order valence-electron chi connectivity index (χ0n) is 18.5. The van der Waals surface area contributed by atoms with E-state index in [1.165, 1.54) is 5.56 Å². The Balaban J connectivity index is 1.42. The first kappa shape index (κ1) is 22.1. The van der Waals surface area contributed by atoms with Gasteiger partial charge in [-0.1, -0.05) is 41.6 Å². The fourth-order valence-corrected chi connectivity index (χ4v) is 4.90. The molecule has 3 aromatic rings. The van der Waals surface area contributed by atoms with Crippen LogP contribution < -0.4 is 15.0 Å². The molecule has 1 saturated heterocycles. The molecular formula is C25H28N4O2S. The van der Waals surface area contributed by atoms with Crippen molar-refractivity contribution in [3.8, 4) is 5.75 Å². The first-order chi connectivity index (χ1) is 15.6. The molecule has 0 spiro atoms. The van der Waals surface area contributed by atoms with Gasteiger partial charge >= 0.3 is 0 Å². The summed E-state index contributed by atoms with van der Waals surface area (Å²) in [5.41, 5.74) is 2.24. The molecule has 1 aliphatic heterocycles. The summed E-state index contributed by atoms with van der Waals surface area (Å²) in [4.78, 5) is 25.5. The highest BCUT2D eigenvalue weighted by atomic mass is 32.2. The molecule has 32 heavy (non-hydrogen) atoms. The van der Waals surface area contributed by atoms with Crippen LogP contribution in [0.1, 0.15) is 24.0 Å². The molecule has 1 aromatic heterocycles. The molecule has 0 aliphatic carbocycles. The smallest absolute Gasteiger partial charge is 0.225 e. The van der Waals surface area contributed by atoms with Gasteiger partial charge in [-0.2, -0.15) is 0 Å². The van der Waals surface area contributed by atoms with Crippen molar-refractivity contribution in [2.45, 2.75) is 36.2 Å². The molecule has 1 atom stereocenters. The molecule has 4 rings (SSSR count). The molecule has 1 amide bonds. The molecule has 0 bridgehead atoms. The van der Waals surface area contributed by atoms with E-state index in [2.05, 4.69) is 51.4 Å². The largest absolute Gasteiger partial charge is 0.497 e. The molecular weight excluding hydrogens is 420 g/mol. The monoisotopic (exact) mass is 448 g/mol. The SMILES string of the molecule is COc1cccc(CNC(=O)C2CCCN(c3nccnc3Sc3cccc(C)c3)C2)c1. The second-order valence-corrected chi connectivity index (χ2v) is 9.02. The van der Waals surface area contributed by atoms with Gasteiger partial charge < -0.3 is 15.0 Å². The van der Waals surface area contributed by atoms with Crippen LogP contribution in [0.5, 0.6) is 5.75 Å².